The molecule has 2 aliphatic heterocycles. The smallest absolute Gasteiger partial charge is 0.390 e. The zero-order valence-corrected chi connectivity index (χ0v) is 20.8. The van der Waals surface area contributed by atoms with Crippen LogP contribution in [0.4, 0.5) is 0 Å². The summed E-state index contributed by atoms with van der Waals surface area (Å²) in [6, 6.07) is 0. The number of hydrogen-bond acceptors (Lipinski definition) is 12. The second-order valence-electron chi connectivity index (χ2n) is 8.76. The monoisotopic (exact) mass is 545 g/mol. The van der Waals surface area contributed by atoms with Crippen LogP contribution in [0.5, 0.6) is 0 Å². The zero-order valence-electron chi connectivity index (χ0n) is 19.0. The maximum atomic E-state index is 12.3. The van der Waals surface area contributed by atoms with E-state index in [-0.39, 0.29) is 18.4 Å². The molecular formula is C17H29N3O13P2. The van der Waals surface area contributed by atoms with E-state index in [2.05, 4.69) is 13.8 Å². The summed E-state index contributed by atoms with van der Waals surface area (Å²) in [7, 11) is -10.4. The van der Waals surface area contributed by atoms with E-state index in [1.165, 1.54) is 27.0 Å². The first kappa shape index (κ1) is 28.3. The highest BCUT2D eigenvalue weighted by Gasteiger charge is 2.46. The van der Waals surface area contributed by atoms with Crippen LogP contribution < -0.4 is 17.0 Å². The molecule has 9 atom stereocenters. The van der Waals surface area contributed by atoms with E-state index in [4.69, 9.17) is 19.7 Å². The van der Waals surface area contributed by atoms with Gasteiger partial charge in [-0.1, -0.05) is 0 Å². The van der Waals surface area contributed by atoms with Crippen molar-refractivity contribution in [2.45, 2.75) is 76.1 Å². The summed E-state index contributed by atoms with van der Waals surface area (Å²) in [4.78, 5) is 45.4. The predicted octanol–water partition coefficient (Wildman–Crippen LogP) is -1.04. The number of phosphoric ester groups is 2. The number of phosphoric acid groups is 2. The molecule has 0 bridgehead atoms. The fourth-order valence-corrected chi connectivity index (χ4v) is 5.91. The van der Waals surface area contributed by atoms with Crippen LogP contribution in [-0.4, -0.2) is 72.4 Å². The quantitative estimate of drug-likeness (QED) is 0.214. The van der Waals surface area contributed by atoms with Gasteiger partial charge in [-0.2, -0.15) is 4.31 Å². The fraction of sp³-hybridized carbons (Fsp3) is 0.765. The summed E-state index contributed by atoms with van der Waals surface area (Å²) < 4.78 is 50.0. The van der Waals surface area contributed by atoms with E-state index in [0.717, 1.165) is 4.57 Å². The first-order valence-electron chi connectivity index (χ1n) is 10.5. The Bertz CT molecular complexity index is 1140. The first-order chi connectivity index (χ1) is 16.0. The number of aliphatic hydroxyl groups excluding tert-OH is 2. The molecule has 2 fully saturated rings. The lowest BCUT2D eigenvalue weighted by molar-refractivity contribution is -0.208. The van der Waals surface area contributed by atoms with E-state index in [1.807, 2.05) is 0 Å². The summed E-state index contributed by atoms with van der Waals surface area (Å²) in [6.07, 6.45) is -5.97. The van der Waals surface area contributed by atoms with Gasteiger partial charge < -0.3 is 35.2 Å². The van der Waals surface area contributed by atoms with E-state index in [0.29, 0.717) is 0 Å². The van der Waals surface area contributed by atoms with Crippen molar-refractivity contribution in [3.05, 3.63) is 32.6 Å². The Labute approximate surface area is 198 Å². The van der Waals surface area contributed by atoms with Gasteiger partial charge in [0.1, 0.15) is 12.3 Å². The number of nitrogens with two attached hydrogens (primary N) is 1. The highest BCUT2D eigenvalue weighted by Crippen LogP contribution is 2.61. The SMILES string of the molecule is Cc1cn([C@H]2C[C@H](O)[C@@H](COP(=O)(O)OP(=O)(O)OC3C[C@](C)(N)[C@H](O)[C@H](C)O3)O2)c(=O)[nH]c1=O. The van der Waals surface area contributed by atoms with Crippen molar-refractivity contribution in [1.29, 1.82) is 0 Å². The third-order valence-corrected chi connectivity index (χ3v) is 8.24. The number of nitrogens with zero attached hydrogens (tertiary/aromatic N) is 1. The third kappa shape index (κ3) is 6.95. The van der Waals surface area contributed by atoms with Gasteiger partial charge >= 0.3 is 21.3 Å². The van der Waals surface area contributed by atoms with Gasteiger partial charge in [-0.15, -0.1) is 0 Å². The van der Waals surface area contributed by atoms with Crippen LogP contribution in [0.3, 0.4) is 0 Å². The summed E-state index contributed by atoms with van der Waals surface area (Å²) >= 11 is 0. The Balaban J connectivity index is 1.58. The zero-order chi connectivity index (χ0) is 26.3. The van der Waals surface area contributed by atoms with Crippen molar-refractivity contribution >= 4 is 15.6 Å². The van der Waals surface area contributed by atoms with Crippen LogP contribution >= 0.6 is 15.6 Å². The van der Waals surface area contributed by atoms with Crippen LogP contribution in [0.25, 0.3) is 0 Å². The summed E-state index contributed by atoms with van der Waals surface area (Å²) in [5.41, 5.74) is 3.54. The molecule has 1 aromatic heterocycles. The lowest BCUT2D eigenvalue weighted by atomic mass is 9.86. The summed E-state index contributed by atoms with van der Waals surface area (Å²) in [5, 5.41) is 20.2. The van der Waals surface area contributed by atoms with E-state index < -0.39 is 76.0 Å². The Hall–Kier alpha value is -1.26. The number of aliphatic hydroxyl groups is 2. The molecule has 3 heterocycles. The van der Waals surface area contributed by atoms with Gasteiger partial charge in [-0.05, 0) is 20.8 Å². The number of nitrogens with one attached hydrogen (secondary N) is 1. The maximum Gasteiger partial charge on any atom is 0.483 e. The van der Waals surface area contributed by atoms with Crippen molar-refractivity contribution in [1.82, 2.24) is 9.55 Å². The predicted molar refractivity (Wildman–Crippen MR) is 116 cm³/mol. The van der Waals surface area contributed by atoms with Gasteiger partial charge in [-0.3, -0.25) is 23.4 Å². The van der Waals surface area contributed by atoms with Gasteiger partial charge in [0.15, 0.2) is 6.29 Å². The molecule has 7 N–H and O–H groups in total. The molecule has 35 heavy (non-hydrogen) atoms. The van der Waals surface area contributed by atoms with Crippen molar-refractivity contribution in [3.63, 3.8) is 0 Å². The lowest BCUT2D eigenvalue weighted by Gasteiger charge is -2.42. The molecule has 3 unspecified atom stereocenters. The molecule has 2 saturated heterocycles. The molecular weight excluding hydrogens is 516 g/mol. The minimum atomic E-state index is -5.22. The van der Waals surface area contributed by atoms with Crippen molar-refractivity contribution < 1.29 is 52.0 Å². The van der Waals surface area contributed by atoms with Crippen LogP contribution in [0.15, 0.2) is 15.8 Å². The summed E-state index contributed by atoms with van der Waals surface area (Å²) in [6.45, 7) is 3.63. The van der Waals surface area contributed by atoms with Crippen molar-refractivity contribution in [2.24, 2.45) is 5.73 Å². The van der Waals surface area contributed by atoms with Gasteiger partial charge in [0.25, 0.3) is 5.56 Å². The standard InChI is InChI=1S/C17H29N3O13P2/c1-8-6-20(16(24)19-15(8)23)12-4-10(21)11(31-12)7-29-34(25,26)33-35(27,28)32-13-5-17(3,18)14(22)9(2)30-13/h6,9-14,21-22H,4-5,7,18H2,1-3H3,(H,25,26)(H,27,28)(H,19,23,24)/t9-,10-,11+,12+,13?,14+,17-/m0/s1. The Kier molecular flexibility index (Phi) is 8.29. The third-order valence-electron chi connectivity index (χ3n) is 5.61. The highest BCUT2D eigenvalue weighted by molar-refractivity contribution is 7.61. The number of aromatic amines is 1. The van der Waals surface area contributed by atoms with Crippen molar-refractivity contribution in [2.75, 3.05) is 6.61 Å². The Morgan fingerprint density at radius 1 is 1.26 bits per heavy atom. The van der Waals surface area contributed by atoms with Crippen molar-refractivity contribution in [3.8, 4) is 0 Å². The number of H-pyrrole nitrogens is 1. The maximum absolute atomic E-state index is 12.3. The molecule has 16 nitrogen and oxygen atoms in total. The molecule has 3 rings (SSSR count). The molecule has 2 aliphatic rings. The largest absolute Gasteiger partial charge is 0.483 e. The highest BCUT2D eigenvalue weighted by atomic mass is 31.3. The van der Waals surface area contributed by atoms with Crippen LogP contribution in [0.1, 0.15) is 38.5 Å². The number of aromatic nitrogens is 2. The Morgan fingerprint density at radius 2 is 1.91 bits per heavy atom. The van der Waals surface area contributed by atoms with Gasteiger partial charge in [0.05, 0.1) is 24.9 Å². The van der Waals surface area contributed by atoms with Gasteiger partial charge in [0.2, 0.25) is 0 Å². The van der Waals surface area contributed by atoms with Crippen LogP contribution in [0, 0.1) is 6.92 Å². The van der Waals surface area contributed by atoms with Gasteiger partial charge in [0, 0.05) is 30.1 Å². The average Bonchev–Trinajstić information content (AvgIpc) is 3.06. The second kappa shape index (κ2) is 10.2. The molecule has 0 spiro atoms. The van der Waals surface area contributed by atoms with Crippen LogP contribution in [0.2, 0.25) is 0 Å². The minimum Gasteiger partial charge on any atom is -0.390 e. The molecule has 18 heteroatoms. The average molecular weight is 545 g/mol. The molecule has 0 amide bonds. The Morgan fingerprint density at radius 3 is 2.54 bits per heavy atom. The van der Waals surface area contributed by atoms with E-state index in [1.54, 1.807) is 0 Å². The second-order valence-corrected chi connectivity index (χ2v) is 11.8. The van der Waals surface area contributed by atoms with E-state index in [9.17, 15) is 38.7 Å². The van der Waals surface area contributed by atoms with Gasteiger partial charge in [-0.25, -0.2) is 13.9 Å². The summed E-state index contributed by atoms with van der Waals surface area (Å²) in [5.74, 6) is 0. The molecule has 1 aromatic rings. The molecule has 0 saturated carbocycles. The topological polar surface area (TPSA) is 242 Å². The first-order valence-corrected chi connectivity index (χ1v) is 13.5. The number of hydrogen-bond donors (Lipinski definition) is 6. The lowest BCUT2D eigenvalue weighted by Crippen LogP contribution is -2.60. The van der Waals surface area contributed by atoms with Crippen LogP contribution in [-0.2, 0) is 32.0 Å². The molecule has 0 aromatic carbocycles. The minimum absolute atomic E-state index is 0.113. The molecule has 0 aliphatic carbocycles. The molecule has 0 radical (unpaired) electrons. The molecule has 200 valence electrons. The number of aryl methyl sites for hydroxylation is 1. The number of rotatable bonds is 8. The van der Waals surface area contributed by atoms with E-state index >= 15 is 0 Å². The number of ether oxygens (including phenoxy) is 2. The normalized spacial score (nSPS) is 37.0. The fourth-order valence-electron chi connectivity index (χ4n) is 3.77.